The average molecular weight is 354 g/mol. The Morgan fingerprint density at radius 3 is 2.14 bits per heavy atom. The van der Waals surface area contributed by atoms with Crippen molar-refractivity contribution in [3.05, 3.63) is 23.3 Å². The molecule has 1 aromatic carbocycles. The summed E-state index contributed by atoms with van der Waals surface area (Å²) in [4.78, 5) is 11.3. The van der Waals surface area contributed by atoms with E-state index in [0.29, 0.717) is 12.1 Å². The van der Waals surface area contributed by atoms with Crippen LogP contribution in [0.5, 0.6) is 5.75 Å². The third kappa shape index (κ3) is 5.87. The number of esters is 1. The summed E-state index contributed by atoms with van der Waals surface area (Å²) in [5, 5.41) is 0. The van der Waals surface area contributed by atoms with Crippen LogP contribution in [0.25, 0.3) is 0 Å². The number of methoxy groups -OCH3 is 1. The van der Waals surface area contributed by atoms with Gasteiger partial charge in [0.05, 0.1) is 12.7 Å². The van der Waals surface area contributed by atoms with Crippen molar-refractivity contribution in [3.8, 4) is 5.75 Å². The minimum Gasteiger partial charge on any atom is -0.465 e. The Morgan fingerprint density at radius 1 is 1.24 bits per heavy atom. The number of halogens is 4. The van der Waals surface area contributed by atoms with Crippen LogP contribution in [0.15, 0.2) is 12.1 Å². The topological polar surface area (TPSA) is 69.7 Å². The molecule has 0 amide bonds. The maximum Gasteiger partial charge on any atom is 1.00 e. The Labute approximate surface area is 160 Å². The first-order valence-corrected chi connectivity index (χ1v) is 6.33. The van der Waals surface area contributed by atoms with Gasteiger partial charge in [0.1, 0.15) is 5.75 Å². The first-order chi connectivity index (χ1) is 8.95. The van der Waals surface area contributed by atoms with E-state index in [9.17, 15) is 30.0 Å². The van der Waals surface area contributed by atoms with Crippen LogP contribution in [0, 0.1) is 6.92 Å². The minimum atomic E-state index is -5.56. The van der Waals surface area contributed by atoms with Gasteiger partial charge in [0.15, 0.2) is 0 Å². The molecule has 0 bridgehead atoms. The quantitative estimate of drug-likeness (QED) is 0.283. The van der Waals surface area contributed by atoms with Crippen LogP contribution in [0.1, 0.15) is 15.9 Å². The molecule has 0 spiro atoms. The van der Waals surface area contributed by atoms with E-state index < -0.39 is 45.8 Å². The summed E-state index contributed by atoms with van der Waals surface area (Å²) in [5.74, 6) is -2.10. The van der Waals surface area contributed by atoms with Gasteiger partial charge in [0.25, 0.3) is 0 Å². The smallest absolute Gasteiger partial charge is 0.465 e. The predicted octanol–water partition coefficient (Wildman–Crippen LogP) is -1.57. The zero-order valence-corrected chi connectivity index (χ0v) is 15.1. The van der Waals surface area contributed by atoms with E-state index in [0.717, 1.165) is 14.0 Å². The van der Waals surface area contributed by atoms with Gasteiger partial charge in [0, 0.05) is 0 Å². The van der Waals surface area contributed by atoms with Crippen molar-refractivity contribution in [3.63, 3.8) is 0 Å². The molecule has 0 radical (unpaired) electrons. The molecular formula is C9H8BF4KO5S. The van der Waals surface area contributed by atoms with Gasteiger partial charge in [-0.3, -0.25) is 0 Å². The summed E-state index contributed by atoms with van der Waals surface area (Å²) >= 11 is 0. The molecule has 0 unspecified atom stereocenters. The molecule has 0 N–H and O–H groups in total. The number of carbonyl (C=O) groups is 1. The Kier molecular flexibility index (Phi) is 7.37. The second-order valence-corrected chi connectivity index (χ2v) is 4.68. The fourth-order valence-electron chi connectivity index (χ4n) is 1.53. The van der Waals surface area contributed by atoms with Gasteiger partial charge in [-0.15, -0.1) is 5.46 Å². The Morgan fingerprint density at radius 2 is 1.76 bits per heavy atom. The minimum absolute atomic E-state index is 0. The van der Waals surface area contributed by atoms with Crippen LogP contribution >= 0.6 is 0 Å². The van der Waals surface area contributed by atoms with Crippen LogP contribution in [0.2, 0.25) is 0 Å². The fourth-order valence-corrected chi connectivity index (χ4v) is 1.86. The largest absolute Gasteiger partial charge is 1.00 e. The van der Waals surface area contributed by atoms with Crippen molar-refractivity contribution in [2.75, 3.05) is 7.11 Å². The molecule has 0 aliphatic carbocycles. The molecule has 1 rings (SSSR count). The normalized spacial score (nSPS) is 11.5. The van der Waals surface area contributed by atoms with Gasteiger partial charge < -0.3 is 21.9 Å². The van der Waals surface area contributed by atoms with Gasteiger partial charge >= 0.3 is 74.8 Å². The third-order valence-electron chi connectivity index (χ3n) is 2.38. The summed E-state index contributed by atoms with van der Waals surface area (Å²) < 4.78 is 79.5. The molecule has 112 valence electrons. The number of benzene rings is 1. The average Bonchev–Trinajstić information content (AvgIpc) is 2.26. The zero-order valence-electron chi connectivity index (χ0n) is 11.2. The molecule has 0 atom stereocenters. The number of rotatable bonds is 4. The molecule has 21 heavy (non-hydrogen) atoms. The molecule has 0 saturated carbocycles. The maximum absolute atomic E-state index is 12.8. The van der Waals surface area contributed by atoms with Crippen LogP contribution in [-0.2, 0) is 15.2 Å². The summed E-state index contributed by atoms with van der Waals surface area (Å²) in [6.45, 7) is -4.55. The molecule has 0 aliphatic rings. The molecule has 1 aromatic rings. The summed E-state index contributed by atoms with van der Waals surface area (Å²) in [7, 11) is -4.58. The van der Waals surface area contributed by atoms with Crippen LogP contribution in [-0.4, -0.2) is 28.5 Å². The number of hydrogen-bond donors (Lipinski definition) is 0. The van der Waals surface area contributed by atoms with E-state index in [4.69, 9.17) is 0 Å². The number of ether oxygens (including phenoxy) is 1. The van der Waals surface area contributed by atoms with Gasteiger partial charge in [-0.1, -0.05) is 9.45 Å². The molecule has 0 fully saturated rings. The third-order valence-corrected chi connectivity index (χ3v) is 2.77. The SMILES string of the molecule is COC(=O)c1cc(OS(=O)(=O)F)cc([B-](F)(F)F)c1C.[K+]. The summed E-state index contributed by atoms with van der Waals surface area (Å²) in [6, 6.07) is 0.961. The van der Waals surface area contributed by atoms with Gasteiger partial charge in [0.2, 0.25) is 0 Å². The van der Waals surface area contributed by atoms with E-state index in [1.165, 1.54) is 0 Å². The molecule has 12 heteroatoms. The predicted molar refractivity (Wildman–Crippen MR) is 61.9 cm³/mol. The fraction of sp³-hybridized carbons (Fsp3) is 0.222. The maximum atomic E-state index is 12.8. The van der Waals surface area contributed by atoms with Gasteiger partial charge in [-0.25, -0.2) is 4.79 Å². The molecule has 0 saturated heterocycles. The van der Waals surface area contributed by atoms with E-state index >= 15 is 0 Å². The van der Waals surface area contributed by atoms with Crippen LogP contribution in [0.4, 0.5) is 16.8 Å². The molecular weight excluding hydrogens is 346 g/mol. The number of hydrogen-bond acceptors (Lipinski definition) is 5. The first-order valence-electron chi connectivity index (χ1n) is 5.02. The van der Waals surface area contributed by atoms with Crippen molar-refractivity contribution in [1.29, 1.82) is 0 Å². The van der Waals surface area contributed by atoms with Crippen LogP contribution < -0.4 is 61.0 Å². The summed E-state index contributed by atoms with van der Waals surface area (Å²) in [5.41, 5.74) is -2.30. The second-order valence-electron chi connectivity index (χ2n) is 3.73. The second kappa shape index (κ2) is 7.42. The van der Waals surface area contributed by atoms with Gasteiger partial charge in [-0.2, -0.15) is 8.42 Å². The van der Waals surface area contributed by atoms with Crippen molar-refractivity contribution in [1.82, 2.24) is 0 Å². The standard InChI is InChI=1S/C9H8BF4O5S.K/c1-5-7(9(15)18-2)3-6(19-20(14,16)17)4-8(5)10(11,12)13;/h3-4H,1-2H3;/q-1;+1. The van der Waals surface area contributed by atoms with Crippen LogP contribution in [0.3, 0.4) is 0 Å². The summed E-state index contributed by atoms with van der Waals surface area (Å²) in [6.07, 6.45) is 0. The molecule has 0 heterocycles. The zero-order chi connectivity index (χ0) is 15.7. The Bertz CT molecular complexity index is 646. The molecule has 0 aliphatic heterocycles. The van der Waals surface area contributed by atoms with Crippen molar-refractivity contribution in [2.24, 2.45) is 0 Å². The van der Waals surface area contributed by atoms with Gasteiger partial charge in [-0.05, 0) is 19.1 Å². The Balaban J connectivity index is 0.00000400. The Hall–Kier alpha value is -0.139. The first kappa shape index (κ1) is 20.9. The monoisotopic (exact) mass is 354 g/mol. The van der Waals surface area contributed by atoms with Crippen molar-refractivity contribution < 1.29 is 90.3 Å². The molecule has 0 aromatic heterocycles. The molecule has 5 nitrogen and oxygen atoms in total. The van der Waals surface area contributed by atoms with Crippen molar-refractivity contribution >= 4 is 28.9 Å². The van der Waals surface area contributed by atoms with E-state index in [1.807, 2.05) is 0 Å². The van der Waals surface area contributed by atoms with E-state index in [-0.39, 0.29) is 51.4 Å². The number of carbonyl (C=O) groups excluding carboxylic acids is 1. The van der Waals surface area contributed by atoms with E-state index in [2.05, 4.69) is 8.92 Å². The van der Waals surface area contributed by atoms with Crippen molar-refractivity contribution in [2.45, 2.75) is 6.92 Å². The van der Waals surface area contributed by atoms with E-state index in [1.54, 1.807) is 0 Å².